The summed E-state index contributed by atoms with van der Waals surface area (Å²) in [6.45, 7) is 1.32. The Balaban J connectivity index is 2.94. The van der Waals surface area contributed by atoms with Gasteiger partial charge < -0.3 is 15.6 Å². The minimum Gasteiger partial charge on any atom is -0.497 e. The van der Waals surface area contributed by atoms with Crippen LogP contribution in [0.2, 0.25) is 0 Å². The molecular weight excluding hydrogens is 222 g/mol. The highest BCUT2D eigenvalue weighted by molar-refractivity contribution is 6.00. The fourth-order valence-electron chi connectivity index (χ4n) is 1.42. The van der Waals surface area contributed by atoms with E-state index in [0.717, 1.165) is 5.56 Å². The van der Waals surface area contributed by atoms with Crippen LogP contribution in [0.5, 0.6) is 5.75 Å². The first-order valence-corrected chi connectivity index (χ1v) is 5.06. The quantitative estimate of drug-likeness (QED) is 0.742. The van der Waals surface area contributed by atoms with Gasteiger partial charge >= 0.3 is 5.97 Å². The first-order chi connectivity index (χ1) is 7.90. The van der Waals surface area contributed by atoms with E-state index in [4.69, 9.17) is 15.6 Å². The van der Waals surface area contributed by atoms with E-state index in [0.29, 0.717) is 5.75 Å². The number of carboxylic acids is 1. The molecule has 5 nitrogen and oxygen atoms in total. The third kappa shape index (κ3) is 2.75. The predicted molar refractivity (Wildman–Crippen MR) is 61.6 cm³/mol. The van der Waals surface area contributed by atoms with Crippen LogP contribution in [0.4, 0.5) is 0 Å². The molecule has 0 radical (unpaired) electrons. The first-order valence-electron chi connectivity index (χ1n) is 5.06. The highest BCUT2D eigenvalue weighted by Gasteiger charge is 2.39. The van der Waals surface area contributed by atoms with E-state index in [2.05, 4.69) is 0 Å². The van der Waals surface area contributed by atoms with Crippen molar-refractivity contribution in [1.82, 2.24) is 0 Å². The Labute approximate surface area is 99.2 Å². The summed E-state index contributed by atoms with van der Waals surface area (Å²) < 4.78 is 4.99. The van der Waals surface area contributed by atoms with Crippen LogP contribution in [-0.4, -0.2) is 24.1 Å². The third-order valence-electron chi connectivity index (χ3n) is 2.73. The Hall–Kier alpha value is -2.04. The monoisotopic (exact) mass is 237 g/mol. The molecule has 0 fully saturated rings. The zero-order chi connectivity index (χ0) is 13.1. The number of carbonyl (C=O) groups is 2. The molecule has 1 aromatic carbocycles. The summed E-state index contributed by atoms with van der Waals surface area (Å²) in [6, 6.07) is 6.84. The zero-order valence-electron chi connectivity index (χ0n) is 9.77. The van der Waals surface area contributed by atoms with Gasteiger partial charge in [-0.05, 0) is 31.0 Å². The van der Waals surface area contributed by atoms with E-state index in [-0.39, 0.29) is 6.42 Å². The molecule has 17 heavy (non-hydrogen) atoms. The normalized spacial score (nSPS) is 13.8. The number of hydrogen-bond donors (Lipinski definition) is 2. The highest BCUT2D eigenvalue weighted by Crippen LogP contribution is 2.24. The molecule has 92 valence electrons. The van der Waals surface area contributed by atoms with Crippen LogP contribution in [0.3, 0.4) is 0 Å². The Bertz CT molecular complexity index is 411. The van der Waals surface area contributed by atoms with Gasteiger partial charge in [-0.1, -0.05) is 12.1 Å². The Kier molecular flexibility index (Phi) is 3.73. The lowest BCUT2D eigenvalue weighted by molar-refractivity contribution is -0.153. The van der Waals surface area contributed by atoms with Gasteiger partial charge in [0.1, 0.15) is 11.2 Å². The van der Waals surface area contributed by atoms with Crippen molar-refractivity contribution in [2.75, 3.05) is 7.11 Å². The van der Waals surface area contributed by atoms with Crippen LogP contribution in [-0.2, 0) is 16.0 Å². The summed E-state index contributed by atoms with van der Waals surface area (Å²) in [5.74, 6) is -1.40. The van der Waals surface area contributed by atoms with Crippen molar-refractivity contribution in [3.8, 4) is 5.75 Å². The molecule has 1 aromatic rings. The molecule has 0 heterocycles. The molecule has 1 atom stereocenters. The minimum atomic E-state index is -1.59. The number of amides is 1. The largest absolute Gasteiger partial charge is 0.497 e. The van der Waals surface area contributed by atoms with E-state index in [1.54, 1.807) is 31.4 Å². The number of carboxylic acid groups (broad SMARTS) is 1. The lowest BCUT2D eigenvalue weighted by Crippen LogP contribution is -2.43. The summed E-state index contributed by atoms with van der Waals surface area (Å²) >= 11 is 0. The van der Waals surface area contributed by atoms with Crippen molar-refractivity contribution in [2.24, 2.45) is 11.1 Å². The summed E-state index contributed by atoms with van der Waals surface area (Å²) in [6.07, 6.45) is 0.0572. The van der Waals surface area contributed by atoms with Crippen LogP contribution in [0.25, 0.3) is 0 Å². The molecule has 0 aliphatic carbocycles. The molecule has 0 aliphatic heterocycles. The van der Waals surface area contributed by atoms with Gasteiger partial charge in [0.2, 0.25) is 5.91 Å². The second kappa shape index (κ2) is 4.86. The van der Waals surface area contributed by atoms with Crippen LogP contribution in [0, 0.1) is 5.41 Å². The number of carbonyl (C=O) groups excluding carboxylic acids is 1. The fourth-order valence-corrected chi connectivity index (χ4v) is 1.42. The molecule has 0 aromatic heterocycles. The fraction of sp³-hybridized carbons (Fsp3) is 0.333. The molecule has 0 spiro atoms. The second-order valence-electron chi connectivity index (χ2n) is 4.03. The van der Waals surface area contributed by atoms with Gasteiger partial charge in [-0.2, -0.15) is 0 Å². The average Bonchev–Trinajstić information content (AvgIpc) is 2.29. The topological polar surface area (TPSA) is 89.6 Å². The van der Waals surface area contributed by atoms with E-state index >= 15 is 0 Å². The van der Waals surface area contributed by atoms with E-state index in [1.165, 1.54) is 6.92 Å². The maximum absolute atomic E-state index is 11.2. The number of nitrogens with two attached hydrogens (primary N) is 1. The van der Waals surface area contributed by atoms with Crippen molar-refractivity contribution < 1.29 is 19.4 Å². The zero-order valence-corrected chi connectivity index (χ0v) is 9.77. The average molecular weight is 237 g/mol. The number of rotatable bonds is 5. The molecule has 1 rings (SSSR count). The molecule has 0 aliphatic rings. The van der Waals surface area contributed by atoms with Gasteiger partial charge in [0.15, 0.2) is 0 Å². The maximum atomic E-state index is 11.2. The van der Waals surface area contributed by atoms with Crippen molar-refractivity contribution in [3.63, 3.8) is 0 Å². The van der Waals surface area contributed by atoms with E-state index in [9.17, 15) is 9.59 Å². The number of methoxy groups -OCH3 is 1. The van der Waals surface area contributed by atoms with Crippen molar-refractivity contribution in [3.05, 3.63) is 29.8 Å². The number of hydrogen-bond acceptors (Lipinski definition) is 3. The SMILES string of the molecule is COc1ccc(CC(C)(C(N)=O)C(=O)O)cc1. The number of aliphatic carboxylic acids is 1. The maximum Gasteiger partial charge on any atom is 0.319 e. The smallest absolute Gasteiger partial charge is 0.319 e. The second-order valence-corrected chi connectivity index (χ2v) is 4.03. The summed E-state index contributed by atoms with van der Waals surface area (Å²) in [4.78, 5) is 22.3. The molecular formula is C12H15NO4. The van der Waals surface area contributed by atoms with Gasteiger partial charge in [-0.3, -0.25) is 9.59 Å². The van der Waals surface area contributed by atoms with Gasteiger partial charge in [0.25, 0.3) is 0 Å². The summed E-state index contributed by atoms with van der Waals surface area (Å²) in [5, 5.41) is 9.04. The molecule has 1 unspecified atom stereocenters. The molecule has 1 amide bonds. The van der Waals surface area contributed by atoms with Crippen molar-refractivity contribution in [1.29, 1.82) is 0 Å². The molecule has 0 saturated heterocycles. The summed E-state index contributed by atoms with van der Waals surface area (Å²) in [5.41, 5.74) is 4.26. The number of ether oxygens (including phenoxy) is 1. The predicted octanol–water partition coefficient (Wildman–Crippen LogP) is 0.814. The van der Waals surface area contributed by atoms with Crippen LogP contribution < -0.4 is 10.5 Å². The lowest BCUT2D eigenvalue weighted by Gasteiger charge is -2.20. The first kappa shape index (κ1) is 13.0. The Morgan fingerprint density at radius 2 is 1.88 bits per heavy atom. The molecule has 5 heteroatoms. The lowest BCUT2D eigenvalue weighted by atomic mass is 9.83. The number of benzene rings is 1. The van der Waals surface area contributed by atoms with Crippen molar-refractivity contribution in [2.45, 2.75) is 13.3 Å². The Morgan fingerprint density at radius 1 is 1.35 bits per heavy atom. The van der Waals surface area contributed by atoms with E-state index < -0.39 is 17.3 Å². The van der Waals surface area contributed by atoms with Crippen molar-refractivity contribution >= 4 is 11.9 Å². The number of primary amides is 1. The standard InChI is InChI=1S/C12H15NO4/c1-12(10(13)14,11(15)16)7-8-3-5-9(17-2)6-4-8/h3-6H,7H2,1-2H3,(H2,13,14)(H,15,16). The molecule has 0 bridgehead atoms. The van der Waals surface area contributed by atoms with Crippen LogP contribution >= 0.6 is 0 Å². The summed E-state index contributed by atoms with van der Waals surface area (Å²) in [7, 11) is 1.54. The van der Waals surface area contributed by atoms with Gasteiger partial charge in [-0.25, -0.2) is 0 Å². The Morgan fingerprint density at radius 3 is 2.24 bits per heavy atom. The molecule has 3 N–H and O–H groups in total. The van der Waals surface area contributed by atoms with Gasteiger partial charge in [0, 0.05) is 0 Å². The molecule has 0 saturated carbocycles. The minimum absolute atomic E-state index is 0.0572. The van der Waals surface area contributed by atoms with Gasteiger partial charge in [-0.15, -0.1) is 0 Å². The van der Waals surface area contributed by atoms with E-state index in [1.807, 2.05) is 0 Å². The van der Waals surface area contributed by atoms with Crippen LogP contribution in [0.1, 0.15) is 12.5 Å². The third-order valence-corrected chi connectivity index (χ3v) is 2.73. The van der Waals surface area contributed by atoms with Gasteiger partial charge in [0.05, 0.1) is 7.11 Å². The van der Waals surface area contributed by atoms with Crippen LogP contribution in [0.15, 0.2) is 24.3 Å². The highest BCUT2D eigenvalue weighted by atomic mass is 16.5.